The van der Waals surface area contributed by atoms with Gasteiger partial charge in [0, 0.05) is 16.8 Å². The number of carbonyl (C=O) groups is 1. The van der Waals surface area contributed by atoms with Crippen molar-refractivity contribution in [2.24, 2.45) is 0 Å². The van der Waals surface area contributed by atoms with Crippen molar-refractivity contribution < 1.29 is 9.90 Å². The molecule has 2 N–H and O–H groups in total. The molecule has 0 saturated carbocycles. The van der Waals surface area contributed by atoms with Gasteiger partial charge in [-0.05, 0) is 30.3 Å². The van der Waals surface area contributed by atoms with Crippen LogP contribution in [0, 0.1) is 0 Å². The zero-order valence-electron chi connectivity index (χ0n) is 12.9. The van der Waals surface area contributed by atoms with Gasteiger partial charge in [-0.2, -0.15) is 0 Å². The van der Waals surface area contributed by atoms with Gasteiger partial charge in [0.05, 0.1) is 11.4 Å². The fourth-order valence-corrected chi connectivity index (χ4v) is 3.00. The van der Waals surface area contributed by atoms with E-state index in [-0.39, 0.29) is 5.91 Å². The first-order chi connectivity index (χ1) is 11.8. The highest BCUT2D eigenvalue weighted by Crippen LogP contribution is 2.39. The lowest BCUT2D eigenvalue weighted by molar-refractivity contribution is 0.0935. The van der Waals surface area contributed by atoms with E-state index in [0.29, 0.717) is 16.8 Å². The van der Waals surface area contributed by atoms with Crippen LogP contribution in [-0.4, -0.2) is 11.0 Å². The number of nitrogens with zero attached hydrogens (tertiary/aromatic N) is 1. The highest BCUT2D eigenvalue weighted by atomic mass is 16.3. The molecule has 1 heterocycles. The number of fused-ring (bicyclic) bond motifs is 1. The van der Waals surface area contributed by atoms with E-state index in [9.17, 15) is 9.90 Å². The predicted octanol–water partition coefficient (Wildman–Crippen LogP) is 4.08. The number of benzene rings is 3. The van der Waals surface area contributed by atoms with E-state index in [2.05, 4.69) is 5.32 Å². The largest absolute Gasteiger partial charge is 0.369 e. The second kappa shape index (κ2) is 5.83. The van der Waals surface area contributed by atoms with Crippen molar-refractivity contribution in [1.29, 1.82) is 0 Å². The van der Waals surface area contributed by atoms with Gasteiger partial charge in [0.1, 0.15) is 0 Å². The summed E-state index contributed by atoms with van der Waals surface area (Å²) in [6.07, 6.45) is -0.979. The highest BCUT2D eigenvalue weighted by molar-refractivity contribution is 6.12. The number of carbonyl (C=O) groups excluding carboxylic acids is 1. The fraction of sp³-hybridized carbons (Fsp3) is 0.0500. The molecule has 3 aromatic carbocycles. The Morgan fingerprint density at radius 1 is 0.833 bits per heavy atom. The van der Waals surface area contributed by atoms with Gasteiger partial charge in [0.2, 0.25) is 0 Å². The lowest BCUT2D eigenvalue weighted by Crippen LogP contribution is -2.28. The van der Waals surface area contributed by atoms with Crippen LogP contribution in [0.3, 0.4) is 0 Å². The minimum Gasteiger partial charge on any atom is -0.369 e. The van der Waals surface area contributed by atoms with E-state index in [1.54, 1.807) is 18.2 Å². The minimum absolute atomic E-state index is 0.194. The van der Waals surface area contributed by atoms with Crippen LogP contribution in [0.25, 0.3) is 0 Å². The van der Waals surface area contributed by atoms with E-state index in [1.165, 1.54) is 4.90 Å². The molecular weight excluding hydrogens is 300 g/mol. The zero-order chi connectivity index (χ0) is 16.5. The molecule has 1 atom stereocenters. The maximum absolute atomic E-state index is 12.8. The minimum atomic E-state index is -0.979. The third kappa shape index (κ3) is 2.33. The molecule has 0 spiro atoms. The lowest BCUT2D eigenvalue weighted by atomic mass is 10.1. The van der Waals surface area contributed by atoms with Crippen LogP contribution in [0.2, 0.25) is 0 Å². The highest BCUT2D eigenvalue weighted by Gasteiger charge is 2.37. The third-order valence-electron chi connectivity index (χ3n) is 4.15. The maximum Gasteiger partial charge on any atom is 0.261 e. The Kier molecular flexibility index (Phi) is 3.52. The topological polar surface area (TPSA) is 52.6 Å². The van der Waals surface area contributed by atoms with Crippen molar-refractivity contribution in [3.63, 3.8) is 0 Å². The maximum atomic E-state index is 12.8. The van der Waals surface area contributed by atoms with E-state index in [1.807, 2.05) is 60.7 Å². The smallest absolute Gasteiger partial charge is 0.261 e. The van der Waals surface area contributed by atoms with Gasteiger partial charge in [-0.15, -0.1) is 0 Å². The molecule has 0 aliphatic carbocycles. The van der Waals surface area contributed by atoms with Gasteiger partial charge in [0.15, 0.2) is 6.23 Å². The van der Waals surface area contributed by atoms with Crippen molar-refractivity contribution in [2.45, 2.75) is 6.23 Å². The van der Waals surface area contributed by atoms with Crippen LogP contribution in [0.5, 0.6) is 0 Å². The Balaban J connectivity index is 1.75. The van der Waals surface area contributed by atoms with Gasteiger partial charge in [-0.25, -0.2) is 0 Å². The van der Waals surface area contributed by atoms with E-state index in [0.717, 1.165) is 11.4 Å². The summed E-state index contributed by atoms with van der Waals surface area (Å²) in [5, 5.41) is 13.9. The van der Waals surface area contributed by atoms with Crippen molar-refractivity contribution >= 4 is 23.0 Å². The van der Waals surface area contributed by atoms with Gasteiger partial charge >= 0.3 is 0 Å². The summed E-state index contributed by atoms with van der Waals surface area (Å²) in [6.45, 7) is 0. The monoisotopic (exact) mass is 316 g/mol. The van der Waals surface area contributed by atoms with Crippen LogP contribution >= 0.6 is 0 Å². The summed E-state index contributed by atoms with van der Waals surface area (Å²) in [7, 11) is 0. The fourth-order valence-electron chi connectivity index (χ4n) is 3.00. The molecule has 4 nitrogen and oxygen atoms in total. The molecule has 24 heavy (non-hydrogen) atoms. The van der Waals surface area contributed by atoms with Crippen LogP contribution < -0.4 is 10.2 Å². The molecule has 0 saturated heterocycles. The van der Waals surface area contributed by atoms with E-state index >= 15 is 0 Å². The van der Waals surface area contributed by atoms with Gasteiger partial charge in [0.25, 0.3) is 5.91 Å². The average Bonchev–Trinajstić information content (AvgIpc) is 2.88. The summed E-state index contributed by atoms with van der Waals surface area (Å²) in [5.74, 6) is -0.194. The SMILES string of the molecule is O=C1c2ccccc2C(O)N1c1ccccc1Nc1ccccc1. The molecule has 0 radical (unpaired) electrons. The third-order valence-corrected chi connectivity index (χ3v) is 4.15. The lowest BCUT2D eigenvalue weighted by Gasteiger charge is -2.24. The first-order valence-electron chi connectivity index (χ1n) is 7.77. The molecule has 1 aliphatic rings. The number of hydrogen-bond donors (Lipinski definition) is 2. The first-order valence-corrected chi connectivity index (χ1v) is 7.77. The standard InChI is InChI=1S/C20H16N2O2/c23-19-15-10-4-5-11-16(15)20(24)22(19)18-13-7-6-12-17(18)21-14-8-2-1-3-9-14/h1-13,19,21,23H. The van der Waals surface area contributed by atoms with Crippen molar-refractivity contribution in [2.75, 3.05) is 10.2 Å². The molecule has 0 fully saturated rings. The van der Waals surface area contributed by atoms with Gasteiger partial charge in [-0.3, -0.25) is 9.69 Å². The van der Waals surface area contributed by atoms with Gasteiger partial charge in [-0.1, -0.05) is 48.5 Å². The number of aliphatic hydroxyl groups excluding tert-OH is 1. The van der Waals surface area contributed by atoms with E-state index < -0.39 is 6.23 Å². The van der Waals surface area contributed by atoms with Crippen LogP contribution in [0.4, 0.5) is 17.1 Å². The second-order valence-corrected chi connectivity index (χ2v) is 5.64. The Bertz CT molecular complexity index is 893. The number of para-hydroxylation sites is 3. The Labute approximate surface area is 140 Å². The number of amides is 1. The van der Waals surface area contributed by atoms with Crippen LogP contribution in [0.15, 0.2) is 78.9 Å². The normalized spacial score (nSPS) is 16.1. The Hall–Kier alpha value is -3.11. The number of anilines is 3. The van der Waals surface area contributed by atoms with Crippen molar-refractivity contribution in [3.05, 3.63) is 90.0 Å². The quantitative estimate of drug-likeness (QED) is 0.765. The van der Waals surface area contributed by atoms with Crippen molar-refractivity contribution in [3.8, 4) is 0 Å². The molecule has 0 bridgehead atoms. The molecule has 1 unspecified atom stereocenters. The van der Waals surface area contributed by atoms with Gasteiger partial charge < -0.3 is 10.4 Å². The molecule has 3 aromatic rings. The second-order valence-electron chi connectivity index (χ2n) is 5.64. The summed E-state index contributed by atoms with van der Waals surface area (Å²) in [6, 6.07) is 24.4. The number of hydrogen-bond acceptors (Lipinski definition) is 3. The molecule has 118 valence electrons. The molecule has 0 aromatic heterocycles. The summed E-state index contributed by atoms with van der Waals surface area (Å²) >= 11 is 0. The molecular formula is C20H16N2O2. The number of aliphatic hydroxyl groups is 1. The molecule has 1 amide bonds. The number of nitrogens with one attached hydrogen (secondary N) is 1. The van der Waals surface area contributed by atoms with Crippen LogP contribution in [0.1, 0.15) is 22.1 Å². The predicted molar refractivity (Wildman–Crippen MR) is 94.4 cm³/mol. The Morgan fingerprint density at radius 2 is 1.50 bits per heavy atom. The Morgan fingerprint density at radius 3 is 2.29 bits per heavy atom. The summed E-state index contributed by atoms with van der Waals surface area (Å²) in [5.41, 5.74) is 3.51. The molecule has 1 aliphatic heterocycles. The van der Waals surface area contributed by atoms with Crippen molar-refractivity contribution in [1.82, 2.24) is 0 Å². The first kappa shape index (κ1) is 14.5. The zero-order valence-corrected chi connectivity index (χ0v) is 12.9. The summed E-state index contributed by atoms with van der Waals surface area (Å²) in [4.78, 5) is 14.2. The van der Waals surface area contributed by atoms with E-state index in [4.69, 9.17) is 0 Å². The van der Waals surface area contributed by atoms with Crippen LogP contribution in [-0.2, 0) is 0 Å². The molecule has 4 heteroatoms. The average molecular weight is 316 g/mol. The summed E-state index contributed by atoms with van der Waals surface area (Å²) < 4.78 is 0. The number of rotatable bonds is 3. The molecule has 4 rings (SSSR count).